The maximum absolute atomic E-state index is 13.1. The Morgan fingerprint density at radius 1 is 1.19 bits per heavy atom. The average Bonchev–Trinajstić information content (AvgIpc) is 2.67. The van der Waals surface area contributed by atoms with Crippen LogP contribution >= 0.6 is 11.8 Å². The summed E-state index contributed by atoms with van der Waals surface area (Å²) < 4.78 is 0. The lowest BCUT2D eigenvalue weighted by molar-refractivity contribution is -0.142. The second-order valence-corrected chi connectivity index (χ2v) is 8.10. The van der Waals surface area contributed by atoms with Crippen molar-refractivity contribution >= 4 is 35.2 Å². The van der Waals surface area contributed by atoms with Gasteiger partial charge in [-0.2, -0.15) is 0 Å². The molecule has 0 spiro atoms. The van der Waals surface area contributed by atoms with Crippen molar-refractivity contribution in [2.45, 2.75) is 36.1 Å². The molecular weight excluding hydrogens is 364 g/mol. The van der Waals surface area contributed by atoms with E-state index < -0.39 is 12.0 Å². The quantitative estimate of drug-likeness (QED) is 0.834. The van der Waals surface area contributed by atoms with E-state index in [1.807, 2.05) is 31.2 Å². The molecule has 2 N–H and O–H groups in total. The number of fused-ring (bicyclic) bond motifs is 2. The lowest BCUT2D eigenvalue weighted by Crippen LogP contribution is -2.48. The zero-order valence-electron chi connectivity index (χ0n) is 14.6. The summed E-state index contributed by atoms with van der Waals surface area (Å²) in [4.78, 5) is 39.1. The van der Waals surface area contributed by atoms with Gasteiger partial charge in [0.05, 0.1) is 10.9 Å². The predicted octanol–water partition coefficient (Wildman–Crippen LogP) is 2.77. The fourth-order valence-electron chi connectivity index (χ4n) is 3.46. The molecule has 27 heavy (non-hydrogen) atoms. The second-order valence-electron chi connectivity index (χ2n) is 6.72. The molecule has 0 aliphatic carbocycles. The average molecular weight is 382 g/mol. The zero-order chi connectivity index (χ0) is 19.1. The Labute approximate surface area is 160 Å². The summed E-state index contributed by atoms with van der Waals surface area (Å²) in [5.41, 5.74) is 2.88. The number of benzene rings is 2. The van der Waals surface area contributed by atoms with E-state index >= 15 is 0 Å². The monoisotopic (exact) mass is 382 g/mol. The Morgan fingerprint density at radius 3 is 2.67 bits per heavy atom. The number of carboxylic acids is 1. The van der Waals surface area contributed by atoms with E-state index in [0.29, 0.717) is 11.3 Å². The lowest BCUT2D eigenvalue weighted by Gasteiger charge is -2.34. The van der Waals surface area contributed by atoms with Gasteiger partial charge in [0.25, 0.3) is 5.91 Å². The number of thioether (sulfide) groups is 1. The molecule has 2 aromatic carbocycles. The van der Waals surface area contributed by atoms with Gasteiger partial charge in [-0.15, -0.1) is 11.8 Å². The molecule has 0 unspecified atom stereocenters. The minimum absolute atomic E-state index is 0.104. The molecular formula is C20H18N2O4S. The van der Waals surface area contributed by atoms with E-state index in [0.717, 1.165) is 16.0 Å². The Hall–Kier alpha value is -2.80. The molecule has 138 valence electrons. The van der Waals surface area contributed by atoms with Crippen LogP contribution in [0.3, 0.4) is 0 Å². The van der Waals surface area contributed by atoms with Crippen LogP contribution in [0, 0.1) is 0 Å². The number of aliphatic carboxylic acids is 1. The molecule has 2 heterocycles. The highest BCUT2D eigenvalue weighted by Crippen LogP contribution is 2.36. The number of nitrogens with zero attached hydrogens (tertiary/aromatic N) is 1. The third-order valence-electron chi connectivity index (χ3n) is 4.95. The lowest BCUT2D eigenvalue weighted by atomic mass is 9.93. The van der Waals surface area contributed by atoms with Crippen LogP contribution in [0.1, 0.15) is 28.4 Å². The number of hydrogen-bond donors (Lipinski definition) is 2. The first-order chi connectivity index (χ1) is 12.9. The van der Waals surface area contributed by atoms with Crippen LogP contribution in [0.5, 0.6) is 0 Å². The van der Waals surface area contributed by atoms with Crippen molar-refractivity contribution in [1.82, 2.24) is 4.90 Å². The first kappa shape index (κ1) is 17.6. The highest BCUT2D eigenvalue weighted by molar-refractivity contribution is 8.00. The van der Waals surface area contributed by atoms with Crippen LogP contribution < -0.4 is 5.32 Å². The van der Waals surface area contributed by atoms with Crippen molar-refractivity contribution in [3.05, 3.63) is 59.2 Å². The molecule has 0 radical (unpaired) electrons. The number of hydrogen-bond acceptors (Lipinski definition) is 4. The summed E-state index contributed by atoms with van der Waals surface area (Å²) in [6.45, 7) is 2.08. The minimum atomic E-state index is -1.02. The highest BCUT2D eigenvalue weighted by Gasteiger charge is 2.35. The molecule has 0 fully saturated rings. The van der Waals surface area contributed by atoms with E-state index in [1.165, 1.54) is 16.7 Å². The van der Waals surface area contributed by atoms with Crippen LogP contribution in [0.25, 0.3) is 0 Å². The number of carbonyl (C=O) groups is 3. The molecule has 2 aliphatic heterocycles. The van der Waals surface area contributed by atoms with Crippen LogP contribution in [0.2, 0.25) is 0 Å². The summed E-state index contributed by atoms with van der Waals surface area (Å²) in [5, 5.41) is 12.3. The Balaban J connectivity index is 1.66. The molecule has 0 bridgehead atoms. The molecule has 2 atom stereocenters. The van der Waals surface area contributed by atoms with Gasteiger partial charge in [-0.25, -0.2) is 4.79 Å². The van der Waals surface area contributed by atoms with Crippen LogP contribution in [-0.2, 0) is 22.6 Å². The van der Waals surface area contributed by atoms with Gasteiger partial charge in [0.1, 0.15) is 6.04 Å². The fraction of sp³-hybridized carbons (Fsp3) is 0.250. The number of anilines is 1. The minimum Gasteiger partial charge on any atom is -0.480 e. The van der Waals surface area contributed by atoms with E-state index in [-0.39, 0.29) is 30.0 Å². The van der Waals surface area contributed by atoms with E-state index in [9.17, 15) is 19.5 Å². The molecule has 7 heteroatoms. The van der Waals surface area contributed by atoms with Gasteiger partial charge in [-0.05, 0) is 36.2 Å². The molecule has 0 saturated heterocycles. The topological polar surface area (TPSA) is 86.7 Å². The first-order valence-electron chi connectivity index (χ1n) is 8.66. The molecule has 0 aromatic heterocycles. The third kappa shape index (κ3) is 3.19. The third-order valence-corrected chi connectivity index (χ3v) is 6.13. The van der Waals surface area contributed by atoms with Crippen LogP contribution in [0.15, 0.2) is 47.4 Å². The largest absolute Gasteiger partial charge is 0.480 e. The van der Waals surface area contributed by atoms with Gasteiger partial charge in [0.15, 0.2) is 0 Å². The predicted molar refractivity (Wildman–Crippen MR) is 102 cm³/mol. The van der Waals surface area contributed by atoms with Crippen molar-refractivity contribution in [3.63, 3.8) is 0 Å². The maximum atomic E-state index is 13.1. The summed E-state index contributed by atoms with van der Waals surface area (Å²) in [6.07, 6.45) is 0.284. The van der Waals surface area contributed by atoms with Crippen LogP contribution in [0.4, 0.5) is 5.69 Å². The maximum Gasteiger partial charge on any atom is 0.326 e. The van der Waals surface area contributed by atoms with Gasteiger partial charge < -0.3 is 15.3 Å². The molecule has 2 aromatic rings. The van der Waals surface area contributed by atoms with Crippen molar-refractivity contribution in [1.29, 1.82) is 0 Å². The molecule has 4 rings (SSSR count). The van der Waals surface area contributed by atoms with E-state index in [1.54, 1.807) is 18.2 Å². The van der Waals surface area contributed by atoms with Gasteiger partial charge in [-0.3, -0.25) is 9.59 Å². The standard InChI is InChI=1S/C20H18N2O4S/c1-11-18(23)21-15-8-13(6-7-17(15)27-11)19(24)22-10-14-5-3-2-4-12(14)9-16(22)20(25)26/h2-8,11,16H,9-10H2,1H3,(H,21,23)(H,25,26)/t11-,16+/m0/s1. The summed E-state index contributed by atoms with van der Waals surface area (Å²) in [6, 6.07) is 11.8. The molecule has 2 amide bonds. The van der Waals surface area contributed by atoms with Gasteiger partial charge in [0.2, 0.25) is 5.91 Å². The number of rotatable bonds is 2. The van der Waals surface area contributed by atoms with Gasteiger partial charge in [-0.1, -0.05) is 24.3 Å². The summed E-state index contributed by atoms with van der Waals surface area (Å²) in [7, 11) is 0. The zero-order valence-corrected chi connectivity index (χ0v) is 15.5. The Bertz CT molecular complexity index is 959. The fourth-order valence-corrected chi connectivity index (χ4v) is 4.40. The van der Waals surface area contributed by atoms with Crippen molar-refractivity contribution in [2.24, 2.45) is 0 Å². The second kappa shape index (κ2) is 6.74. The molecule has 6 nitrogen and oxygen atoms in total. The summed E-state index contributed by atoms with van der Waals surface area (Å²) in [5.74, 6) is -1.47. The first-order valence-corrected chi connectivity index (χ1v) is 9.54. The van der Waals surface area contributed by atoms with Crippen molar-refractivity contribution < 1.29 is 19.5 Å². The van der Waals surface area contributed by atoms with Gasteiger partial charge >= 0.3 is 5.97 Å². The summed E-state index contributed by atoms with van der Waals surface area (Å²) >= 11 is 1.44. The smallest absolute Gasteiger partial charge is 0.326 e. The van der Waals surface area contributed by atoms with E-state index in [4.69, 9.17) is 0 Å². The highest BCUT2D eigenvalue weighted by atomic mass is 32.2. The number of carboxylic acid groups (broad SMARTS) is 1. The van der Waals surface area contributed by atoms with Crippen LogP contribution in [-0.4, -0.2) is 39.1 Å². The number of nitrogens with one attached hydrogen (secondary N) is 1. The SMILES string of the molecule is C[C@@H]1Sc2ccc(C(=O)N3Cc4ccccc4C[C@@H]3C(=O)O)cc2NC1=O. The van der Waals surface area contributed by atoms with Crippen molar-refractivity contribution in [3.8, 4) is 0 Å². The molecule has 2 aliphatic rings. The molecule has 0 saturated carbocycles. The number of carbonyl (C=O) groups excluding carboxylic acids is 2. The Kier molecular flexibility index (Phi) is 4.39. The number of amides is 2. The van der Waals surface area contributed by atoms with Crippen molar-refractivity contribution in [2.75, 3.05) is 5.32 Å². The van der Waals surface area contributed by atoms with E-state index in [2.05, 4.69) is 5.32 Å². The Morgan fingerprint density at radius 2 is 1.93 bits per heavy atom. The normalized spacial score (nSPS) is 21.1. The van der Waals surface area contributed by atoms with Gasteiger partial charge in [0, 0.05) is 23.4 Å².